The topological polar surface area (TPSA) is 63.1 Å². The van der Waals surface area contributed by atoms with Gasteiger partial charge in [-0.25, -0.2) is 9.78 Å². The van der Waals surface area contributed by atoms with Crippen molar-refractivity contribution in [1.82, 2.24) is 9.97 Å². The van der Waals surface area contributed by atoms with Crippen molar-refractivity contribution in [2.75, 3.05) is 0 Å². The quantitative estimate of drug-likeness (QED) is 0.796. The molecule has 1 heterocycles. The van der Waals surface area contributed by atoms with Crippen molar-refractivity contribution in [1.29, 1.82) is 0 Å². The lowest BCUT2D eigenvalue weighted by atomic mass is 10.2. The van der Waals surface area contributed by atoms with Crippen molar-refractivity contribution < 1.29 is 9.90 Å². The molecule has 20 heavy (non-hydrogen) atoms. The fraction of sp³-hybridized carbons (Fsp3) is 0. The van der Waals surface area contributed by atoms with Gasteiger partial charge in [-0.15, -0.1) is 0 Å². The standard InChI is InChI=1S/C15H10N2O2S/c18-15(19)10-4-3-5-11(8-10)20-14-9-16-12-6-1-2-7-13(12)17-14/h1-9H,(H,18,19). The van der Waals surface area contributed by atoms with E-state index in [2.05, 4.69) is 9.97 Å². The lowest BCUT2D eigenvalue weighted by Crippen LogP contribution is -1.95. The van der Waals surface area contributed by atoms with Gasteiger partial charge in [0, 0.05) is 4.90 Å². The summed E-state index contributed by atoms with van der Waals surface area (Å²) < 4.78 is 0. The average molecular weight is 282 g/mol. The summed E-state index contributed by atoms with van der Waals surface area (Å²) in [6, 6.07) is 14.4. The highest BCUT2D eigenvalue weighted by Crippen LogP contribution is 2.27. The molecule has 0 aliphatic heterocycles. The number of fused-ring (bicyclic) bond motifs is 1. The van der Waals surface area contributed by atoms with Crippen LogP contribution in [0.2, 0.25) is 0 Å². The number of carboxylic acid groups (broad SMARTS) is 1. The molecule has 0 bridgehead atoms. The smallest absolute Gasteiger partial charge is 0.335 e. The fourth-order valence-corrected chi connectivity index (χ4v) is 2.63. The monoisotopic (exact) mass is 282 g/mol. The van der Waals surface area contributed by atoms with Gasteiger partial charge in [-0.2, -0.15) is 0 Å². The zero-order valence-electron chi connectivity index (χ0n) is 10.4. The van der Waals surface area contributed by atoms with Crippen LogP contribution in [0.15, 0.2) is 64.6 Å². The molecule has 4 nitrogen and oxygen atoms in total. The van der Waals surface area contributed by atoms with Gasteiger partial charge >= 0.3 is 5.97 Å². The highest BCUT2D eigenvalue weighted by Gasteiger charge is 2.06. The maximum absolute atomic E-state index is 10.9. The molecule has 0 fully saturated rings. The van der Waals surface area contributed by atoms with Crippen molar-refractivity contribution in [2.45, 2.75) is 9.92 Å². The lowest BCUT2D eigenvalue weighted by Gasteiger charge is -2.03. The predicted molar refractivity (Wildman–Crippen MR) is 77.1 cm³/mol. The van der Waals surface area contributed by atoms with E-state index in [0.29, 0.717) is 0 Å². The summed E-state index contributed by atoms with van der Waals surface area (Å²) in [4.78, 5) is 20.6. The third-order valence-corrected chi connectivity index (χ3v) is 3.63. The molecular formula is C15H10N2O2S. The molecule has 1 aromatic heterocycles. The number of aromatic carboxylic acids is 1. The predicted octanol–water partition coefficient (Wildman–Crippen LogP) is 3.48. The minimum atomic E-state index is -0.933. The van der Waals surface area contributed by atoms with E-state index < -0.39 is 5.97 Å². The zero-order chi connectivity index (χ0) is 13.9. The summed E-state index contributed by atoms with van der Waals surface area (Å²) in [5.41, 5.74) is 1.94. The van der Waals surface area contributed by atoms with E-state index in [0.717, 1.165) is 21.0 Å². The second kappa shape index (κ2) is 5.30. The van der Waals surface area contributed by atoms with Gasteiger partial charge in [0.25, 0.3) is 0 Å². The van der Waals surface area contributed by atoms with Crippen molar-refractivity contribution in [3.8, 4) is 0 Å². The Balaban J connectivity index is 1.92. The van der Waals surface area contributed by atoms with Crippen LogP contribution in [0.3, 0.4) is 0 Å². The number of hydrogen-bond acceptors (Lipinski definition) is 4. The van der Waals surface area contributed by atoms with Crippen LogP contribution in [0, 0.1) is 0 Å². The van der Waals surface area contributed by atoms with Crippen LogP contribution in [-0.2, 0) is 0 Å². The van der Waals surface area contributed by atoms with E-state index in [1.807, 2.05) is 30.3 Å². The third-order valence-electron chi connectivity index (χ3n) is 2.73. The molecule has 0 atom stereocenters. The summed E-state index contributed by atoms with van der Waals surface area (Å²) in [7, 11) is 0. The number of para-hydroxylation sites is 2. The Hall–Kier alpha value is -2.40. The van der Waals surface area contributed by atoms with Crippen LogP contribution in [0.5, 0.6) is 0 Å². The minimum Gasteiger partial charge on any atom is -0.478 e. The lowest BCUT2D eigenvalue weighted by molar-refractivity contribution is 0.0696. The van der Waals surface area contributed by atoms with Crippen molar-refractivity contribution in [2.24, 2.45) is 0 Å². The largest absolute Gasteiger partial charge is 0.478 e. The van der Waals surface area contributed by atoms with Crippen molar-refractivity contribution in [3.63, 3.8) is 0 Å². The first-order chi connectivity index (χ1) is 9.72. The van der Waals surface area contributed by atoms with Gasteiger partial charge in [-0.1, -0.05) is 30.0 Å². The molecule has 98 valence electrons. The zero-order valence-corrected chi connectivity index (χ0v) is 11.2. The highest BCUT2D eigenvalue weighted by atomic mass is 32.2. The summed E-state index contributed by atoms with van der Waals surface area (Å²) in [5.74, 6) is -0.933. The van der Waals surface area contributed by atoms with Gasteiger partial charge < -0.3 is 5.11 Å². The van der Waals surface area contributed by atoms with Gasteiger partial charge in [0.2, 0.25) is 0 Å². The molecule has 3 rings (SSSR count). The van der Waals surface area contributed by atoms with Crippen LogP contribution in [0.1, 0.15) is 10.4 Å². The number of carbonyl (C=O) groups is 1. The molecule has 0 radical (unpaired) electrons. The summed E-state index contributed by atoms with van der Waals surface area (Å²) in [5, 5.41) is 9.72. The van der Waals surface area contributed by atoms with E-state index in [1.54, 1.807) is 24.4 Å². The number of hydrogen-bond donors (Lipinski definition) is 1. The first kappa shape index (κ1) is 12.6. The minimum absolute atomic E-state index is 0.267. The maximum atomic E-state index is 10.9. The van der Waals surface area contributed by atoms with Gasteiger partial charge in [-0.3, -0.25) is 4.98 Å². The summed E-state index contributed by atoms with van der Waals surface area (Å²) in [6.07, 6.45) is 1.69. The Kier molecular flexibility index (Phi) is 3.35. The number of nitrogens with zero attached hydrogens (tertiary/aromatic N) is 2. The Labute approximate surface area is 119 Å². The SMILES string of the molecule is O=C(O)c1cccc(Sc2cnc3ccccc3n2)c1. The summed E-state index contributed by atoms with van der Waals surface area (Å²) in [6.45, 7) is 0. The second-order valence-electron chi connectivity index (χ2n) is 4.13. The molecule has 0 amide bonds. The number of rotatable bonds is 3. The van der Waals surface area contributed by atoms with E-state index in [9.17, 15) is 4.79 Å². The van der Waals surface area contributed by atoms with Crippen molar-refractivity contribution >= 4 is 28.8 Å². The molecule has 0 unspecified atom stereocenters. The molecule has 5 heteroatoms. The summed E-state index contributed by atoms with van der Waals surface area (Å²) >= 11 is 1.40. The van der Waals surface area contributed by atoms with Crippen LogP contribution >= 0.6 is 11.8 Å². The molecule has 2 aromatic carbocycles. The van der Waals surface area contributed by atoms with E-state index in [1.165, 1.54) is 11.8 Å². The second-order valence-corrected chi connectivity index (χ2v) is 5.23. The first-order valence-corrected chi connectivity index (χ1v) is 6.77. The molecule has 0 saturated heterocycles. The molecule has 0 aliphatic rings. The maximum Gasteiger partial charge on any atom is 0.335 e. The van der Waals surface area contributed by atoms with Gasteiger partial charge in [0.1, 0.15) is 5.03 Å². The van der Waals surface area contributed by atoms with Crippen LogP contribution in [0.25, 0.3) is 11.0 Å². The van der Waals surface area contributed by atoms with Gasteiger partial charge in [-0.05, 0) is 30.3 Å². The average Bonchev–Trinajstić information content (AvgIpc) is 2.47. The molecule has 0 spiro atoms. The molecule has 0 aliphatic carbocycles. The molecule has 3 aromatic rings. The molecular weight excluding hydrogens is 272 g/mol. The normalized spacial score (nSPS) is 10.6. The Morgan fingerprint density at radius 1 is 1.05 bits per heavy atom. The number of carboxylic acids is 1. The van der Waals surface area contributed by atoms with E-state index in [-0.39, 0.29) is 5.56 Å². The third kappa shape index (κ3) is 2.62. The molecule has 0 saturated carbocycles. The Bertz CT molecular complexity index is 789. The van der Waals surface area contributed by atoms with Crippen LogP contribution in [-0.4, -0.2) is 21.0 Å². The van der Waals surface area contributed by atoms with Crippen LogP contribution in [0.4, 0.5) is 0 Å². The fourth-order valence-electron chi connectivity index (χ4n) is 1.80. The Morgan fingerprint density at radius 2 is 1.85 bits per heavy atom. The Morgan fingerprint density at radius 3 is 2.65 bits per heavy atom. The van der Waals surface area contributed by atoms with E-state index >= 15 is 0 Å². The number of benzene rings is 2. The highest BCUT2D eigenvalue weighted by molar-refractivity contribution is 7.99. The van der Waals surface area contributed by atoms with Gasteiger partial charge in [0.05, 0.1) is 22.8 Å². The number of aromatic nitrogens is 2. The van der Waals surface area contributed by atoms with Crippen molar-refractivity contribution in [3.05, 3.63) is 60.3 Å². The van der Waals surface area contributed by atoms with Gasteiger partial charge in [0.15, 0.2) is 0 Å². The molecule has 1 N–H and O–H groups in total. The van der Waals surface area contributed by atoms with E-state index in [4.69, 9.17) is 5.11 Å². The first-order valence-electron chi connectivity index (χ1n) is 5.95. The van der Waals surface area contributed by atoms with Crippen LogP contribution < -0.4 is 0 Å².